The Labute approximate surface area is 136 Å². The summed E-state index contributed by atoms with van der Waals surface area (Å²) in [4.78, 5) is 3.42. The number of aromatic amines is 1. The number of benzene rings is 2. The Hall–Kier alpha value is -2.55. The quantitative estimate of drug-likeness (QED) is 0.546. The number of rotatable bonds is 3. The topological polar surface area (TPSA) is 54.2 Å². The molecule has 1 aromatic heterocycles. The van der Waals surface area contributed by atoms with E-state index in [-0.39, 0.29) is 0 Å². The van der Waals surface area contributed by atoms with Crippen LogP contribution in [0.4, 0.5) is 0 Å². The number of para-hydroxylation sites is 1. The second-order valence-electron chi connectivity index (χ2n) is 6.30. The summed E-state index contributed by atoms with van der Waals surface area (Å²) in [5.41, 5.74) is 5.03. The number of hydrogen-bond donors (Lipinski definition) is 2. The van der Waals surface area contributed by atoms with Crippen LogP contribution in [0.5, 0.6) is 0 Å². The molecule has 0 aliphatic heterocycles. The fourth-order valence-corrected chi connectivity index (χ4v) is 4.01. The minimum absolute atomic E-state index is 0.303. The maximum atomic E-state index is 5.69. The molecule has 0 spiro atoms. The van der Waals surface area contributed by atoms with Crippen molar-refractivity contribution in [3.8, 4) is 0 Å². The minimum Gasteiger partial charge on any atom is -0.361 e. The molecule has 0 radical (unpaired) electrons. The van der Waals surface area contributed by atoms with E-state index in [2.05, 4.69) is 70.9 Å². The van der Waals surface area contributed by atoms with Crippen molar-refractivity contribution in [2.45, 2.75) is 25.2 Å². The van der Waals surface area contributed by atoms with E-state index in [4.69, 9.17) is 5.84 Å². The first-order valence-corrected chi connectivity index (χ1v) is 8.26. The van der Waals surface area contributed by atoms with Crippen molar-refractivity contribution in [3.63, 3.8) is 0 Å². The Bertz CT molecular complexity index is 832. The molecule has 2 unspecified atom stereocenters. The molecule has 1 fully saturated rings. The molecule has 4 rings (SSSR count). The van der Waals surface area contributed by atoms with Gasteiger partial charge in [0.1, 0.15) is 0 Å². The molecule has 0 bridgehead atoms. The summed E-state index contributed by atoms with van der Waals surface area (Å²) in [5, 5.41) is 5.41. The summed E-state index contributed by atoms with van der Waals surface area (Å²) >= 11 is 0. The van der Waals surface area contributed by atoms with E-state index in [1.54, 1.807) is 0 Å². The van der Waals surface area contributed by atoms with E-state index in [1.807, 2.05) is 0 Å². The molecule has 3 aromatic rings. The molecule has 2 aromatic carbocycles. The van der Waals surface area contributed by atoms with Gasteiger partial charge in [0.15, 0.2) is 0 Å². The number of nitrogens with one attached hydrogen (secondary N) is 1. The van der Waals surface area contributed by atoms with Gasteiger partial charge in [-0.1, -0.05) is 48.5 Å². The molecule has 1 aliphatic rings. The predicted octanol–water partition coefficient (Wildman–Crippen LogP) is 4.41. The number of nitrogens with two attached hydrogens (primary N) is 1. The molecule has 3 heteroatoms. The van der Waals surface area contributed by atoms with E-state index >= 15 is 0 Å². The summed E-state index contributed by atoms with van der Waals surface area (Å²) in [5.74, 6) is 6.38. The standard InChI is InChI=1S/C20H21N3/c21-23-19-12-6-10-16(19)20(14-7-2-1-3-8-14)17-13-22-18-11-5-4-9-15(17)18/h1-5,7-9,11,13,16,20,22H,6,10,12,21H2. The highest BCUT2D eigenvalue weighted by Crippen LogP contribution is 2.42. The summed E-state index contributed by atoms with van der Waals surface area (Å²) < 4.78 is 0. The van der Waals surface area contributed by atoms with Crippen molar-refractivity contribution in [1.29, 1.82) is 0 Å². The van der Waals surface area contributed by atoms with E-state index in [9.17, 15) is 0 Å². The van der Waals surface area contributed by atoms with E-state index in [1.165, 1.54) is 28.5 Å². The molecular formula is C20H21N3. The van der Waals surface area contributed by atoms with Gasteiger partial charge in [-0.2, -0.15) is 5.10 Å². The van der Waals surface area contributed by atoms with Gasteiger partial charge in [0.05, 0.1) is 0 Å². The zero-order chi connectivity index (χ0) is 15.6. The van der Waals surface area contributed by atoms with Gasteiger partial charge < -0.3 is 10.8 Å². The first-order chi connectivity index (χ1) is 11.4. The monoisotopic (exact) mass is 303 g/mol. The first-order valence-electron chi connectivity index (χ1n) is 8.26. The SMILES string of the molecule is NN=C1CCCC1C(c1ccccc1)c1c[nH]c2ccccc12. The van der Waals surface area contributed by atoms with Crippen molar-refractivity contribution >= 4 is 16.6 Å². The average molecular weight is 303 g/mol. The second-order valence-corrected chi connectivity index (χ2v) is 6.30. The first kappa shape index (κ1) is 14.1. The van der Waals surface area contributed by atoms with Crippen LogP contribution >= 0.6 is 0 Å². The highest BCUT2D eigenvalue weighted by Gasteiger charge is 2.33. The zero-order valence-corrected chi connectivity index (χ0v) is 13.1. The Morgan fingerprint density at radius 2 is 1.83 bits per heavy atom. The highest BCUT2D eigenvalue weighted by molar-refractivity contribution is 5.91. The van der Waals surface area contributed by atoms with Crippen LogP contribution in [0.1, 0.15) is 36.3 Å². The van der Waals surface area contributed by atoms with Crippen molar-refractivity contribution in [1.82, 2.24) is 4.98 Å². The number of nitrogens with zero attached hydrogens (tertiary/aromatic N) is 1. The normalized spacial score (nSPS) is 21.0. The Balaban J connectivity index is 1.89. The van der Waals surface area contributed by atoms with Gasteiger partial charge in [-0.05, 0) is 36.5 Å². The van der Waals surface area contributed by atoms with Crippen LogP contribution in [-0.2, 0) is 0 Å². The maximum Gasteiger partial charge on any atom is 0.0457 e. The van der Waals surface area contributed by atoms with E-state index < -0.39 is 0 Å². The van der Waals surface area contributed by atoms with Gasteiger partial charge >= 0.3 is 0 Å². The van der Waals surface area contributed by atoms with Gasteiger partial charge in [-0.3, -0.25) is 0 Å². The fourth-order valence-electron chi connectivity index (χ4n) is 4.01. The molecule has 1 aliphatic carbocycles. The van der Waals surface area contributed by atoms with Crippen LogP contribution in [0.25, 0.3) is 10.9 Å². The van der Waals surface area contributed by atoms with Crippen LogP contribution in [0.15, 0.2) is 65.9 Å². The van der Waals surface area contributed by atoms with Crippen molar-refractivity contribution in [2.75, 3.05) is 0 Å². The average Bonchev–Trinajstić information content (AvgIpc) is 3.24. The lowest BCUT2D eigenvalue weighted by Gasteiger charge is -2.24. The molecular weight excluding hydrogens is 282 g/mol. The third-order valence-corrected chi connectivity index (χ3v) is 5.06. The lowest BCUT2D eigenvalue weighted by Crippen LogP contribution is -2.19. The van der Waals surface area contributed by atoms with Crippen LogP contribution in [0.2, 0.25) is 0 Å². The third-order valence-electron chi connectivity index (χ3n) is 5.06. The number of H-pyrrole nitrogens is 1. The second kappa shape index (κ2) is 5.92. The highest BCUT2D eigenvalue weighted by atomic mass is 15.1. The molecule has 0 amide bonds. The molecule has 116 valence electrons. The Morgan fingerprint density at radius 1 is 1.04 bits per heavy atom. The van der Waals surface area contributed by atoms with Crippen molar-refractivity contribution in [3.05, 3.63) is 71.9 Å². The van der Waals surface area contributed by atoms with Gasteiger partial charge in [0.25, 0.3) is 0 Å². The fraction of sp³-hybridized carbons (Fsp3) is 0.250. The number of aromatic nitrogens is 1. The van der Waals surface area contributed by atoms with Crippen LogP contribution in [0, 0.1) is 5.92 Å². The molecule has 0 saturated heterocycles. The number of fused-ring (bicyclic) bond motifs is 1. The molecule has 3 nitrogen and oxygen atoms in total. The summed E-state index contributed by atoms with van der Waals surface area (Å²) in [6.07, 6.45) is 5.50. The van der Waals surface area contributed by atoms with E-state index in [0.29, 0.717) is 11.8 Å². The minimum atomic E-state index is 0.303. The van der Waals surface area contributed by atoms with Crippen LogP contribution in [-0.4, -0.2) is 10.7 Å². The Morgan fingerprint density at radius 3 is 2.65 bits per heavy atom. The third kappa shape index (κ3) is 2.42. The molecule has 2 atom stereocenters. The lowest BCUT2D eigenvalue weighted by atomic mass is 9.79. The lowest BCUT2D eigenvalue weighted by molar-refractivity contribution is 0.590. The van der Waals surface area contributed by atoms with Crippen molar-refractivity contribution < 1.29 is 0 Å². The van der Waals surface area contributed by atoms with Crippen LogP contribution in [0.3, 0.4) is 0 Å². The van der Waals surface area contributed by atoms with E-state index in [0.717, 1.165) is 18.6 Å². The summed E-state index contributed by atoms with van der Waals surface area (Å²) in [6, 6.07) is 19.3. The number of hydrogen-bond acceptors (Lipinski definition) is 2. The zero-order valence-electron chi connectivity index (χ0n) is 13.1. The van der Waals surface area contributed by atoms with Gasteiger partial charge in [-0.25, -0.2) is 0 Å². The molecule has 23 heavy (non-hydrogen) atoms. The smallest absolute Gasteiger partial charge is 0.0457 e. The van der Waals surface area contributed by atoms with Gasteiger partial charge in [-0.15, -0.1) is 0 Å². The van der Waals surface area contributed by atoms with Gasteiger partial charge in [0.2, 0.25) is 0 Å². The predicted molar refractivity (Wildman–Crippen MR) is 95.5 cm³/mol. The van der Waals surface area contributed by atoms with Gasteiger partial charge in [0, 0.05) is 34.6 Å². The largest absolute Gasteiger partial charge is 0.361 e. The molecule has 1 saturated carbocycles. The maximum absolute atomic E-state index is 5.69. The number of hydrazone groups is 1. The van der Waals surface area contributed by atoms with Crippen LogP contribution < -0.4 is 5.84 Å². The van der Waals surface area contributed by atoms with Crippen molar-refractivity contribution in [2.24, 2.45) is 16.9 Å². The molecule has 3 N–H and O–H groups in total. The Kier molecular flexibility index (Phi) is 3.62. The summed E-state index contributed by atoms with van der Waals surface area (Å²) in [6.45, 7) is 0. The molecule has 1 heterocycles. The summed E-state index contributed by atoms with van der Waals surface area (Å²) in [7, 11) is 0.